The first kappa shape index (κ1) is 20.2. The highest BCUT2D eigenvalue weighted by molar-refractivity contribution is 5.57. The molecule has 0 bridgehead atoms. The van der Waals surface area contributed by atoms with E-state index in [1.165, 1.54) is 25.6 Å². The van der Waals surface area contributed by atoms with E-state index in [0.29, 0.717) is 18.6 Å². The van der Waals surface area contributed by atoms with Gasteiger partial charge in [0.2, 0.25) is 5.95 Å². The normalized spacial score (nSPS) is 14.6. The fourth-order valence-corrected chi connectivity index (χ4v) is 3.66. The third-order valence-electron chi connectivity index (χ3n) is 5.29. The molecule has 3 heterocycles. The Morgan fingerprint density at radius 1 is 1.13 bits per heavy atom. The highest BCUT2D eigenvalue weighted by atomic mass is 16.5. The predicted octanol–water partition coefficient (Wildman–Crippen LogP) is 3.34. The molecular formula is C21H28N8O. The maximum absolute atomic E-state index is 6.08. The fourth-order valence-electron chi connectivity index (χ4n) is 3.66. The second-order valence-corrected chi connectivity index (χ2v) is 7.59. The van der Waals surface area contributed by atoms with Gasteiger partial charge in [-0.15, -0.1) is 5.10 Å². The Labute approximate surface area is 176 Å². The Morgan fingerprint density at radius 2 is 2.00 bits per heavy atom. The van der Waals surface area contributed by atoms with Crippen LogP contribution in [0.4, 0.5) is 5.95 Å². The number of nitrogens with one attached hydrogen (secondary N) is 1. The Morgan fingerprint density at radius 3 is 2.77 bits per heavy atom. The molecule has 0 saturated heterocycles. The van der Waals surface area contributed by atoms with Crippen LogP contribution in [0.2, 0.25) is 0 Å². The van der Waals surface area contributed by atoms with Crippen molar-refractivity contribution in [2.45, 2.75) is 64.5 Å². The standard InChI is InChI=1S/C21H28N8O/c1-3-7-19-24-14-25-21(26-19)23-13-18-20(27-28-29(18)2)17-11-10-16(12-22-17)30-15-8-5-4-6-9-15/h10-12,14-15H,3-9,13H2,1-2H3,(H,23,24,25,26). The lowest BCUT2D eigenvalue weighted by atomic mass is 9.98. The molecule has 0 radical (unpaired) electrons. The van der Waals surface area contributed by atoms with Gasteiger partial charge in [-0.2, -0.15) is 4.98 Å². The molecule has 4 rings (SSSR count). The quantitative estimate of drug-likeness (QED) is 0.605. The number of aryl methyl sites for hydroxylation is 2. The summed E-state index contributed by atoms with van der Waals surface area (Å²) in [5.74, 6) is 2.14. The zero-order valence-electron chi connectivity index (χ0n) is 17.6. The molecule has 30 heavy (non-hydrogen) atoms. The smallest absolute Gasteiger partial charge is 0.226 e. The summed E-state index contributed by atoms with van der Waals surface area (Å²) < 4.78 is 7.82. The number of anilines is 1. The fraction of sp³-hybridized carbons (Fsp3) is 0.524. The molecule has 9 heteroatoms. The Hall–Kier alpha value is -3.10. The van der Waals surface area contributed by atoms with E-state index >= 15 is 0 Å². The van der Waals surface area contributed by atoms with E-state index in [2.05, 4.69) is 42.5 Å². The van der Waals surface area contributed by atoms with Crippen LogP contribution in [0.15, 0.2) is 24.7 Å². The van der Waals surface area contributed by atoms with Gasteiger partial charge in [0.15, 0.2) is 0 Å². The number of aromatic nitrogens is 7. The van der Waals surface area contributed by atoms with E-state index in [1.54, 1.807) is 10.9 Å². The molecule has 0 amide bonds. The van der Waals surface area contributed by atoms with Crippen LogP contribution in [-0.4, -0.2) is 41.0 Å². The number of ether oxygens (including phenoxy) is 1. The van der Waals surface area contributed by atoms with Gasteiger partial charge in [0.1, 0.15) is 23.6 Å². The van der Waals surface area contributed by atoms with E-state index in [-0.39, 0.29) is 0 Å². The maximum atomic E-state index is 6.08. The molecule has 1 N–H and O–H groups in total. The molecule has 1 aliphatic carbocycles. The average Bonchev–Trinajstić information content (AvgIpc) is 3.14. The van der Waals surface area contributed by atoms with Crippen LogP contribution >= 0.6 is 0 Å². The molecule has 1 saturated carbocycles. The number of pyridine rings is 1. The van der Waals surface area contributed by atoms with Crippen molar-refractivity contribution in [3.05, 3.63) is 36.2 Å². The Kier molecular flexibility index (Phi) is 6.46. The second kappa shape index (κ2) is 9.60. The average molecular weight is 409 g/mol. The lowest BCUT2D eigenvalue weighted by Gasteiger charge is -2.22. The van der Waals surface area contributed by atoms with Crippen molar-refractivity contribution < 1.29 is 4.74 Å². The summed E-state index contributed by atoms with van der Waals surface area (Å²) in [5, 5.41) is 11.7. The molecule has 1 fully saturated rings. The summed E-state index contributed by atoms with van der Waals surface area (Å²) in [5.41, 5.74) is 2.40. The van der Waals surface area contributed by atoms with Crippen LogP contribution in [0.5, 0.6) is 5.75 Å². The highest BCUT2D eigenvalue weighted by Crippen LogP contribution is 2.25. The van der Waals surface area contributed by atoms with E-state index in [0.717, 1.165) is 54.3 Å². The van der Waals surface area contributed by atoms with E-state index < -0.39 is 0 Å². The lowest BCUT2D eigenvalue weighted by Crippen LogP contribution is -2.19. The highest BCUT2D eigenvalue weighted by Gasteiger charge is 2.17. The third-order valence-corrected chi connectivity index (χ3v) is 5.29. The first-order valence-electron chi connectivity index (χ1n) is 10.7. The van der Waals surface area contributed by atoms with E-state index in [4.69, 9.17) is 4.74 Å². The molecule has 0 atom stereocenters. The van der Waals surface area contributed by atoms with Crippen molar-refractivity contribution in [1.82, 2.24) is 34.9 Å². The van der Waals surface area contributed by atoms with Gasteiger partial charge in [0, 0.05) is 13.5 Å². The maximum Gasteiger partial charge on any atom is 0.226 e. The molecular weight excluding hydrogens is 380 g/mol. The van der Waals surface area contributed by atoms with Crippen molar-refractivity contribution in [2.75, 3.05) is 5.32 Å². The molecule has 0 aromatic carbocycles. The van der Waals surface area contributed by atoms with Crippen LogP contribution < -0.4 is 10.1 Å². The zero-order chi connectivity index (χ0) is 20.8. The van der Waals surface area contributed by atoms with Gasteiger partial charge in [-0.05, 0) is 44.2 Å². The van der Waals surface area contributed by atoms with Crippen molar-refractivity contribution >= 4 is 5.95 Å². The summed E-state index contributed by atoms with van der Waals surface area (Å²) in [6, 6.07) is 3.90. The largest absolute Gasteiger partial charge is 0.489 e. The molecule has 3 aromatic rings. The monoisotopic (exact) mass is 408 g/mol. The summed E-state index contributed by atoms with van der Waals surface area (Å²) in [4.78, 5) is 17.4. The third kappa shape index (κ3) is 4.90. The van der Waals surface area contributed by atoms with Gasteiger partial charge in [0.05, 0.1) is 30.2 Å². The van der Waals surface area contributed by atoms with Gasteiger partial charge in [-0.25, -0.2) is 14.6 Å². The van der Waals surface area contributed by atoms with Gasteiger partial charge < -0.3 is 10.1 Å². The molecule has 3 aromatic heterocycles. The number of rotatable bonds is 8. The number of nitrogens with zero attached hydrogens (tertiary/aromatic N) is 7. The minimum absolute atomic E-state index is 0.306. The summed E-state index contributed by atoms with van der Waals surface area (Å²) in [6.07, 6.45) is 11.5. The first-order valence-corrected chi connectivity index (χ1v) is 10.7. The second-order valence-electron chi connectivity index (χ2n) is 7.59. The molecule has 0 spiro atoms. The molecule has 0 aliphatic heterocycles. The molecule has 1 aliphatic rings. The number of hydrogen-bond donors (Lipinski definition) is 1. The minimum Gasteiger partial charge on any atom is -0.489 e. The van der Waals surface area contributed by atoms with Crippen LogP contribution in [0.25, 0.3) is 11.4 Å². The van der Waals surface area contributed by atoms with Crippen LogP contribution in [0, 0.1) is 0 Å². The zero-order valence-corrected chi connectivity index (χ0v) is 17.6. The number of hydrogen-bond acceptors (Lipinski definition) is 8. The van der Waals surface area contributed by atoms with Crippen LogP contribution in [0.1, 0.15) is 57.0 Å². The van der Waals surface area contributed by atoms with Gasteiger partial charge in [-0.1, -0.05) is 18.6 Å². The summed E-state index contributed by atoms with van der Waals surface area (Å²) >= 11 is 0. The first-order chi connectivity index (χ1) is 14.7. The molecule has 0 unspecified atom stereocenters. The minimum atomic E-state index is 0.306. The van der Waals surface area contributed by atoms with Crippen molar-refractivity contribution in [3.8, 4) is 17.1 Å². The Balaban J connectivity index is 1.44. The summed E-state index contributed by atoms with van der Waals surface area (Å²) in [6.45, 7) is 2.58. The van der Waals surface area contributed by atoms with Gasteiger partial charge in [0.25, 0.3) is 0 Å². The van der Waals surface area contributed by atoms with Crippen molar-refractivity contribution in [3.63, 3.8) is 0 Å². The Bertz CT molecular complexity index is 950. The van der Waals surface area contributed by atoms with E-state index in [1.807, 2.05) is 19.2 Å². The topological polar surface area (TPSA) is 104 Å². The lowest BCUT2D eigenvalue weighted by molar-refractivity contribution is 0.154. The van der Waals surface area contributed by atoms with Crippen LogP contribution in [0.3, 0.4) is 0 Å². The SMILES string of the molecule is CCCc1ncnc(NCc2c(-c3ccc(OC4CCCCC4)cn3)nnn2C)n1. The molecule has 9 nitrogen and oxygen atoms in total. The predicted molar refractivity (Wildman–Crippen MR) is 113 cm³/mol. The van der Waals surface area contributed by atoms with Gasteiger partial charge >= 0.3 is 0 Å². The summed E-state index contributed by atoms with van der Waals surface area (Å²) in [7, 11) is 1.87. The van der Waals surface area contributed by atoms with Gasteiger partial charge in [-0.3, -0.25) is 4.98 Å². The van der Waals surface area contributed by atoms with E-state index in [9.17, 15) is 0 Å². The van der Waals surface area contributed by atoms with Crippen molar-refractivity contribution in [2.24, 2.45) is 7.05 Å². The van der Waals surface area contributed by atoms with Crippen LogP contribution in [-0.2, 0) is 20.0 Å². The van der Waals surface area contributed by atoms with Crippen molar-refractivity contribution in [1.29, 1.82) is 0 Å². The molecule has 158 valence electrons.